The topological polar surface area (TPSA) is 17.1 Å². The maximum atomic E-state index is 11.4. The van der Waals surface area contributed by atoms with Gasteiger partial charge in [0.15, 0.2) is 0 Å². The lowest BCUT2D eigenvalue weighted by Crippen LogP contribution is -2.18. The molecule has 0 radical (unpaired) electrons. The van der Waals surface area contributed by atoms with Crippen LogP contribution >= 0.6 is 7.45 Å². The average Bonchev–Trinajstić information content (AvgIpc) is 1.58. The maximum absolute atomic E-state index is 11.4. The van der Waals surface area contributed by atoms with Gasteiger partial charge < -0.3 is 0 Å². The third-order valence-electron chi connectivity index (χ3n) is 0.652. The van der Waals surface area contributed by atoms with E-state index in [1.54, 1.807) is 0 Å². The molecule has 0 aliphatic heterocycles. The van der Waals surface area contributed by atoms with Gasteiger partial charge in [-0.2, -0.15) is 30.5 Å². The summed E-state index contributed by atoms with van der Waals surface area (Å²) in [5.41, 5.74) is 0. The number of rotatable bonds is 0. The molecule has 0 bridgehead atoms. The normalized spacial score (nSPS) is 15.2. The van der Waals surface area contributed by atoms with E-state index >= 15 is 0 Å². The van der Waals surface area contributed by atoms with Crippen LogP contribution in [-0.4, -0.2) is 11.8 Å². The lowest BCUT2D eigenvalue weighted by Gasteiger charge is -2.14. The molecular formula is C2F7OP. The molecule has 0 aromatic heterocycles. The van der Waals surface area contributed by atoms with Crippen LogP contribution in [0, 0.1) is 0 Å². The Bertz CT molecular complexity index is 170. The van der Waals surface area contributed by atoms with Crippen LogP contribution in [0.4, 0.5) is 30.5 Å². The van der Waals surface area contributed by atoms with Crippen molar-refractivity contribution in [1.29, 1.82) is 0 Å². The Balaban J connectivity index is 4.92. The van der Waals surface area contributed by atoms with E-state index < -0.39 is 19.3 Å². The van der Waals surface area contributed by atoms with Crippen molar-refractivity contribution in [2.24, 2.45) is 0 Å². The zero-order valence-electron chi connectivity index (χ0n) is 4.50. The molecule has 9 heteroatoms. The van der Waals surface area contributed by atoms with Crippen LogP contribution in [0.3, 0.4) is 0 Å². The molecule has 68 valence electrons. The minimum Gasteiger partial charge on any atom is -0.268 e. The zero-order valence-corrected chi connectivity index (χ0v) is 5.40. The lowest BCUT2D eigenvalue weighted by molar-refractivity contribution is -0.102. The van der Waals surface area contributed by atoms with Crippen molar-refractivity contribution in [3.63, 3.8) is 0 Å². The number of hydrogen-bond donors (Lipinski definition) is 0. The van der Waals surface area contributed by atoms with Crippen LogP contribution < -0.4 is 0 Å². The summed E-state index contributed by atoms with van der Waals surface area (Å²) in [6.07, 6.45) is 0. The van der Waals surface area contributed by atoms with Gasteiger partial charge in [0.1, 0.15) is 0 Å². The van der Waals surface area contributed by atoms with Gasteiger partial charge in [-0.1, -0.05) is 0 Å². The van der Waals surface area contributed by atoms with Crippen LogP contribution in [0.2, 0.25) is 0 Å². The number of alkyl halides is 6. The van der Waals surface area contributed by atoms with Crippen LogP contribution in [0.15, 0.2) is 0 Å². The van der Waals surface area contributed by atoms with E-state index in [2.05, 4.69) is 0 Å². The van der Waals surface area contributed by atoms with Crippen LogP contribution in [0.1, 0.15) is 0 Å². The summed E-state index contributed by atoms with van der Waals surface area (Å²) in [5.74, 6) is -12.7. The summed E-state index contributed by atoms with van der Waals surface area (Å²) >= 11 is 0. The molecule has 0 N–H and O–H groups in total. The second kappa shape index (κ2) is 2.36. The molecule has 0 unspecified atom stereocenters. The predicted molar refractivity (Wildman–Crippen MR) is 20.8 cm³/mol. The highest BCUT2D eigenvalue weighted by atomic mass is 31.2. The summed E-state index contributed by atoms with van der Waals surface area (Å²) in [5, 5.41) is 0. The lowest BCUT2D eigenvalue weighted by atomic mass is 11.5. The number of hydrogen-bond acceptors (Lipinski definition) is 1. The van der Waals surface area contributed by atoms with Crippen LogP contribution in [0.25, 0.3) is 0 Å². The predicted octanol–water partition coefficient (Wildman–Crippen LogP) is 3.27. The smallest absolute Gasteiger partial charge is 0.268 e. The maximum Gasteiger partial charge on any atom is 0.479 e. The highest BCUT2D eigenvalue weighted by Crippen LogP contribution is 2.72. The Kier molecular flexibility index (Phi) is 2.31. The quantitative estimate of drug-likeness (QED) is 0.437. The molecule has 0 aliphatic carbocycles. The standard InChI is InChI=1S/C2F7OP/c3-1(4,5)11(9,10)2(6,7)8. The van der Waals surface area contributed by atoms with Gasteiger partial charge in [-0.05, 0) is 0 Å². The first-order valence-electron chi connectivity index (χ1n) is 1.93. The monoisotopic (exact) mass is 204 g/mol. The van der Waals surface area contributed by atoms with E-state index in [-0.39, 0.29) is 0 Å². The Labute approximate surface area is 55.7 Å². The molecule has 0 rings (SSSR count). The average molecular weight is 204 g/mol. The SMILES string of the molecule is O=P(F)(C(F)(F)F)C(F)(F)F. The molecule has 0 fully saturated rings. The summed E-state index contributed by atoms with van der Waals surface area (Å²) < 4.78 is 86.6. The van der Waals surface area contributed by atoms with E-state index in [4.69, 9.17) is 0 Å². The first-order valence-corrected chi connectivity index (χ1v) is 3.53. The van der Waals surface area contributed by atoms with Gasteiger partial charge in [0, 0.05) is 0 Å². The third kappa shape index (κ3) is 1.85. The summed E-state index contributed by atoms with van der Waals surface area (Å²) in [4.78, 5) is 0. The van der Waals surface area contributed by atoms with Gasteiger partial charge in [-0.15, -0.1) is 0 Å². The minimum atomic E-state index is -7.56. The fourth-order valence-electron chi connectivity index (χ4n) is 0.144. The Morgan fingerprint density at radius 2 is 1.00 bits per heavy atom. The summed E-state index contributed by atoms with van der Waals surface area (Å²) in [6, 6.07) is 0. The first-order chi connectivity index (χ1) is 4.50. The van der Waals surface area contributed by atoms with Crippen molar-refractivity contribution in [2.45, 2.75) is 11.8 Å². The van der Waals surface area contributed by atoms with Crippen molar-refractivity contribution < 1.29 is 35.1 Å². The molecule has 0 saturated heterocycles. The van der Waals surface area contributed by atoms with Gasteiger partial charge in [0.05, 0.1) is 0 Å². The molecule has 11 heavy (non-hydrogen) atoms. The largest absolute Gasteiger partial charge is 0.479 e. The van der Waals surface area contributed by atoms with Crippen molar-refractivity contribution in [3.8, 4) is 0 Å². The molecule has 0 heterocycles. The molecule has 0 saturated carbocycles. The fraction of sp³-hybridized carbons (Fsp3) is 1.00. The van der Waals surface area contributed by atoms with Crippen molar-refractivity contribution >= 4 is 7.45 Å². The summed E-state index contributed by atoms with van der Waals surface area (Å²) in [6.45, 7) is 0. The fourth-order valence-corrected chi connectivity index (χ4v) is 0.431. The molecule has 0 aliphatic rings. The van der Waals surface area contributed by atoms with Gasteiger partial charge >= 0.3 is 19.3 Å². The van der Waals surface area contributed by atoms with Crippen molar-refractivity contribution in [1.82, 2.24) is 0 Å². The van der Waals surface area contributed by atoms with E-state index in [1.165, 1.54) is 0 Å². The summed E-state index contributed by atoms with van der Waals surface area (Å²) in [7, 11) is -7.56. The highest BCUT2D eigenvalue weighted by molar-refractivity contribution is 7.60. The molecule has 0 aromatic carbocycles. The Morgan fingerprint density at radius 1 is 0.818 bits per heavy atom. The minimum absolute atomic E-state index is 6.36. The van der Waals surface area contributed by atoms with Crippen molar-refractivity contribution in [2.75, 3.05) is 0 Å². The van der Waals surface area contributed by atoms with E-state index in [1.807, 2.05) is 0 Å². The van der Waals surface area contributed by atoms with Gasteiger partial charge in [-0.3, -0.25) is 4.57 Å². The molecule has 1 nitrogen and oxygen atoms in total. The number of halogens is 7. The van der Waals surface area contributed by atoms with Gasteiger partial charge in [0.25, 0.3) is 0 Å². The molecule has 0 aromatic rings. The molecule has 0 amide bonds. The van der Waals surface area contributed by atoms with E-state index in [9.17, 15) is 35.1 Å². The highest BCUT2D eigenvalue weighted by Gasteiger charge is 2.69. The second-order valence-corrected chi connectivity index (χ2v) is 3.55. The van der Waals surface area contributed by atoms with Crippen molar-refractivity contribution in [3.05, 3.63) is 0 Å². The zero-order chi connectivity index (χ0) is 9.50. The molecular weight excluding hydrogens is 204 g/mol. The molecule has 0 spiro atoms. The second-order valence-electron chi connectivity index (χ2n) is 1.47. The van der Waals surface area contributed by atoms with Gasteiger partial charge in [-0.25, -0.2) is 0 Å². The third-order valence-corrected chi connectivity index (χ3v) is 1.96. The van der Waals surface area contributed by atoms with E-state index in [0.29, 0.717) is 0 Å². The Hall–Kier alpha value is -0.260. The Morgan fingerprint density at radius 3 is 1.00 bits per heavy atom. The first kappa shape index (κ1) is 10.7. The van der Waals surface area contributed by atoms with Crippen LogP contribution in [-0.2, 0) is 4.57 Å². The van der Waals surface area contributed by atoms with E-state index in [0.717, 1.165) is 0 Å². The van der Waals surface area contributed by atoms with Gasteiger partial charge in [0.2, 0.25) is 0 Å². The molecule has 0 atom stereocenters. The van der Waals surface area contributed by atoms with Crippen LogP contribution in [0.5, 0.6) is 0 Å².